The van der Waals surface area contributed by atoms with Crippen LogP contribution < -0.4 is 4.74 Å². The fraction of sp³-hybridized carbons (Fsp3) is 0. The van der Waals surface area contributed by atoms with E-state index >= 15 is 0 Å². The predicted octanol–water partition coefficient (Wildman–Crippen LogP) is 3.24. The zero-order valence-electron chi connectivity index (χ0n) is 8.30. The van der Waals surface area contributed by atoms with Crippen molar-refractivity contribution in [2.45, 2.75) is 0 Å². The number of benzene rings is 1. The molecule has 0 radical (unpaired) electrons. The zero-order valence-corrected chi connectivity index (χ0v) is 9.81. The molecule has 0 unspecified atom stereocenters. The van der Waals surface area contributed by atoms with Gasteiger partial charge < -0.3 is 9.84 Å². The molecule has 0 aliphatic heterocycles. The number of rotatable bonds is 2. The van der Waals surface area contributed by atoms with Gasteiger partial charge >= 0.3 is 6.16 Å². The lowest BCUT2D eigenvalue weighted by Crippen LogP contribution is -2.04. The monoisotopic (exact) mass is 272 g/mol. The van der Waals surface area contributed by atoms with Crippen molar-refractivity contribution in [1.29, 1.82) is 0 Å². The second-order valence-electron chi connectivity index (χ2n) is 3.06. The van der Waals surface area contributed by atoms with Crippen LogP contribution in [0.15, 0.2) is 30.5 Å². The first-order chi connectivity index (χ1) is 8.06. The van der Waals surface area contributed by atoms with Crippen LogP contribution in [0.2, 0.25) is 10.0 Å². The van der Waals surface area contributed by atoms with Crippen LogP contribution in [0.25, 0.3) is 5.69 Å². The Balaban J connectivity index is 2.33. The average Bonchev–Trinajstić information content (AvgIpc) is 2.65. The van der Waals surface area contributed by atoms with E-state index in [1.54, 1.807) is 18.2 Å². The molecule has 0 bridgehead atoms. The maximum Gasteiger partial charge on any atom is 0.512 e. The molecule has 0 saturated carbocycles. The van der Waals surface area contributed by atoms with Gasteiger partial charge in [0.25, 0.3) is 0 Å². The highest BCUT2D eigenvalue weighted by Crippen LogP contribution is 2.24. The number of ether oxygens (including phenoxy) is 1. The van der Waals surface area contributed by atoms with Crippen molar-refractivity contribution in [2.75, 3.05) is 0 Å². The molecule has 1 N–H and O–H groups in total. The molecule has 0 aliphatic carbocycles. The molecule has 0 atom stereocenters. The number of aromatic nitrogens is 2. The van der Waals surface area contributed by atoms with Crippen molar-refractivity contribution in [3.05, 3.63) is 40.5 Å². The minimum atomic E-state index is -1.42. The molecule has 1 aromatic carbocycles. The Hall–Kier alpha value is -1.72. The van der Waals surface area contributed by atoms with Crippen LogP contribution in [0.5, 0.6) is 5.88 Å². The van der Waals surface area contributed by atoms with Gasteiger partial charge in [0.2, 0.25) is 5.88 Å². The van der Waals surface area contributed by atoms with Gasteiger partial charge in [0.15, 0.2) is 0 Å². The van der Waals surface area contributed by atoms with Crippen molar-refractivity contribution in [3.63, 3.8) is 0 Å². The first-order valence-corrected chi connectivity index (χ1v) is 5.24. The highest BCUT2D eigenvalue weighted by Gasteiger charge is 2.08. The number of hydrogen-bond donors (Lipinski definition) is 1. The number of halogens is 2. The Labute approximate surface area is 106 Å². The standard InChI is InChI=1S/C10H6Cl2N2O3/c11-6-1-2-8(7(12)5-6)14-4-3-9(13-14)17-10(15)16/h1-5H,(H,15,16). The summed E-state index contributed by atoms with van der Waals surface area (Å²) in [6.45, 7) is 0. The maximum absolute atomic E-state index is 10.3. The first-order valence-electron chi connectivity index (χ1n) is 4.48. The van der Waals surface area contributed by atoms with E-state index in [1.165, 1.54) is 16.9 Å². The average molecular weight is 273 g/mol. The zero-order chi connectivity index (χ0) is 12.4. The molecule has 0 saturated heterocycles. The van der Waals surface area contributed by atoms with E-state index in [2.05, 4.69) is 9.84 Å². The number of carboxylic acid groups (broad SMARTS) is 1. The van der Waals surface area contributed by atoms with Gasteiger partial charge in [-0.25, -0.2) is 9.48 Å². The SMILES string of the molecule is O=C(O)Oc1ccn(-c2ccc(Cl)cc2Cl)n1. The van der Waals surface area contributed by atoms with E-state index in [4.69, 9.17) is 28.3 Å². The third-order valence-electron chi connectivity index (χ3n) is 1.91. The van der Waals surface area contributed by atoms with Crippen LogP contribution in [-0.4, -0.2) is 21.0 Å². The molecule has 1 heterocycles. The Morgan fingerprint density at radius 1 is 1.35 bits per heavy atom. The van der Waals surface area contributed by atoms with Crippen LogP contribution in [0.3, 0.4) is 0 Å². The lowest BCUT2D eigenvalue weighted by Gasteiger charge is -2.03. The molecule has 88 valence electrons. The fourth-order valence-electron chi connectivity index (χ4n) is 1.25. The van der Waals surface area contributed by atoms with E-state index in [1.807, 2.05) is 0 Å². The summed E-state index contributed by atoms with van der Waals surface area (Å²) in [6, 6.07) is 6.31. The molecule has 5 nitrogen and oxygen atoms in total. The van der Waals surface area contributed by atoms with Gasteiger partial charge in [-0.15, -0.1) is 5.10 Å². The summed E-state index contributed by atoms with van der Waals surface area (Å²) in [5.74, 6) is -0.0245. The van der Waals surface area contributed by atoms with Crippen molar-refractivity contribution < 1.29 is 14.6 Å². The lowest BCUT2D eigenvalue weighted by atomic mass is 10.3. The van der Waals surface area contributed by atoms with E-state index in [-0.39, 0.29) is 5.88 Å². The topological polar surface area (TPSA) is 64.3 Å². The van der Waals surface area contributed by atoms with E-state index < -0.39 is 6.16 Å². The van der Waals surface area contributed by atoms with Gasteiger partial charge in [0.1, 0.15) is 0 Å². The van der Waals surface area contributed by atoms with E-state index in [9.17, 15) is 4.79 Å². The molecule has 17 heavy (non-hydrogen) atoms. The third-order valence-corrected chi connectivity index (χ3v) is 2.45. The van der Waals surface area contributed by atoms with Crippen molar-refractivity contribution in [2.24, 2.45) is 0 Å². The van der Waals surface area contributed by atoms with Crippen LogP contribution in [-0.2, 0) is 0 Å². The number of nitrogens with zero attached hydrogens (tertiary/aromatic N) is 2. The molecule has 1 aromatic heterocycles. The molecule has 0 amide bonds. The summed E-state index contributed by atoms with van der Waals surface area (Å²) in [6.07, 6.45) is 0.116. The van der Waals surface area contributed by atoms with Gasteiger partial charge in [-0.3, -0.25) is 0 Å². The highest BCUT2D eigenvalue weighted by molar-refractivity contribution is 6.35. The second-order valence-corrected chi connectivity index (χ2v) is 3.91. The summed E-state index contributed by atoms with van der Waals surface area (Å²) in [4.78, 5) is 10.3. The quantitative estimate of drug-likeness (QED) is 0.853. The summed E-state index contributed by atoms with van der Waals surface area (Å²) in [5, 5.41) is 13.2. The first kappa shape index (κ1) is 11.8. The Morgan fingerprint density at radius 2 is 2.12 bits per heavy atom. The molecular weight excluding hydrogens is 267 g/mol. The van der Waals surface area contributed by atoms with Crippen LogP contribution >= 0.6 is 23.2 Å². The van der Waals surface area contributed by atoms with Gasteiger partial charge in [0.05, 0.1) is 10.7 Å². The lowest BCUT2D eigenvalue weighted by molar-refractivity contribution is 0.142. The van der Waals surface area contributed by atoms with Crippen LogP contribution in [0.4, 0.5) is 4.79 Å². The van der Waals surface area contributed by atoms with Crippen LogP contribution in [0, 0.1) is 0 Å². The Morgan fingerprint density at radius 3 is 2.76 bits per heavy atom. The van der Waals surface area contributed by atoms with Gasteiger partial charge in [-0.2, -0.15) is 0 Å². The van der Waals surface area contributed by atoms with Crippen LogP contribution in [0.1, 0.15) is 0 Å². The molecule has 2 aromatic rings. The predicted molar refractivity (Wildman–Crippen MR) is 62.2 cm³/mol. The molecular formula is C10H6Cl2N2O3. The summed E-state index contributed by atoms with van der Waals surface area (Å²) in [7, 11) is 0. The summed E-state index contributed by atoms with van der Waals surface area (Å²) < 4.78 is 5.80. The minimum Gasteiger partial charge on any atom is -0.449 e. The Kier molecular flexibility index (Phi) is 3.21. The fourth-order valence-corrected chi connectivity index (χ4v) is 1.75. The minimum absolute atomic E-state index is 0.0245. The molecule has 0 aliphatic rings. The van der Waals surface area contributed by atoms with Gasteiger partial charge in [-0.05, 0) is 18.2 Å². The van der Waals surface area contributed by atoms with Gasteiger partial charge in [-0.1, -0.05) is 23.2 Å². The van der Waals surface area contributed by atoms with E-state index in [0.717, 1.165) is 0 Å². The molecule has 0 spiro atoms. The second kappa shape index (κ2) is 4.65. The summed E-state index contributed by atoms with van der Waals surface area (Å²) >= 11 is 11.7. The molecule has 0 fully saturated rings. The van der Waals surface area contributed by atoms with Crippen molar-refractivity contribution in [3.8, 4) is 11.6 Å². The van der Waals surface area contributed by atoms with Crippen molar-refractivity contribution in [1.82, 2.24) is 9.78 Å². The largest absolute Gasteiger partial charge is 0.512 e. The smallest absolute Gasteiger partial charge is 0.449 e. The molecule has 7 heteroatoms. The normalized spacial score (nSPS) is 10.2. The summed E-state index contributed by atoms with van der Waals surface area (Å²) in [5.41, 5.74) is 0.580. The highest BCUT2D eigenvalue weighted by atomic mass is 35.5. The number of hydrogen-bond acceptors (Lipinski definition) is 3. The maximum atomic E-state index is 10.3. The Bertz CT molecular complexity index is 568. The molecule has 2 rings (SSSR count). The van der Waals surface area contributed by atoms with E-state index in [0.29, 0.717) is 15.7 Å². The van der Waals surface area contributed by atoms with Crippen molar-refractivity contribution >= 4 is 29.4 Å². The van der Waals surface area contributed by atoms with Gasteiger partial charge in [0, 0.05) is 17.3 Å². The number of carbonyl (C=O) groups is 1. The third kappa shape index (κ3) is 2.69.